The highest BCUT2D eigenvalue weighted by Gasteiger charge is 2.46. The summed E-state index contributed by atoms with van der Waals surface area (Å²) in [6.45, 7) is 9.59. The van der Waals surface area contributed by atoms with Crippen molar-refractivity contribution in [2.45, 2.75) is 38.5 Å². The van der Waals surface area contributed by atoms with E-state index >= 15 is 0 Å². The summed E-state index contributed by atoms with van der Waals surface area (Å²) in [5.41, 5.74) is 13.9. The lowest BCUT2D eigenvalue weighted by molar-refractivity contribution is 0.299. The lowest BCUT2D eigenvalue weighted by atomic mass is 9.55. The third-order valence-electron chi connectivity index (χ3n) is 12.2. The van der Waals surface area contributed by atoms with Crippen molar-refractivity contribution in [3.8, 4) is 62.1 Å². The fourth-order valence-electron chi connectivity index (χ4n) is 8.55. The van der Waals surface area contributed by atoms with Crippen LogP contribution in [0.15, 0.2) is 170 Å². The molecule has 0 N–H and O–H groups in total. The second kappa shape index (κ2) is 12.5. The molecule has 0 saturated heterocycles. The zero-order valence-electron chi connectivity index (χ0n) is 31.5. The van der Waals surface area contributed by atoms with Crippen LogP contribution in [0.5, 0.6) is 0 Å². The van der Waals surface area contributed by atoms with Crippen molar-refractivity contribution in [1.29, 1.82) is 0 Å². The molecule has 0 spiro atoms. The van der Waals surface area contributed by atoms with Crippen molar-refractivity contribution in [2.75, 3.05) is 0 Å². The zero-order chi connectivity index (χ0) is 37.3. The molecule has 0 aliphatic heterocycles. The molecule has 0 fully saturated rings. The summed E-state index contributed by atoms with van der Waals surface area (Å²) in [6, 6.07) is 60.3. The predicted molar refractivity (Wildman–Crippen MR) is 227 cm³/mol. The predicted octanol–water partition coefficient (Wildman–Crippen LogP) is 12.9. The van der Waals surface area contributed by atoms with Crippen molar-refractivity contribution in [1.82, 2.24) is 19.5 Å². The molecule has 9 aromatic rings. The molecule has 4 heteroatoms. The topological polar surface area (TPSA) is 43.6 Å². The maximum absolute atomic E-state index is 5.09. The first-order chi connectivity index (χ1) is 26.8. The summed E-state index contributed by atoms with van der Waals surface area (Å²) in [7, 11) is 0. The molecule has 264 valence electrons. The van der Waals surface area contributed by atoms with Crippen molar-refractivity contribution in [2.24, 2.45) is 0 Å². The average molecular weight is 709 g/mol. The quantitative estimate of drug-likeness (QED) is 0.179. The molecule has 0 atom stereocenters. The number of hydrogen-bond acceptors (Lipinski definition) is 3. The molecule has 0 radical (unpaired) electrons. The van der Waals surface area contributed by atoms with Crippen LogP contribution in [0.25, 0.3) is 83.9 Å². The Hall–Kier alpha value is -6.65. The average Bonchev–Trinajstić information content (AvgIpc) is 3.56. The Bertz CT molecular complexity index is 2900. The van der Waals surface area contributed by atoms with Gasteiger partial charge < -0.3 is 4.57 Å². The molecule has 2 heterocycles. The Morgan fingerprint density at radius 2 is 0.909 bits per heavy atom. The third kappa shape index (κ3) is 5.24. The molecule has 4 nitrogen and oxygen atoms in total. The van der Waals surface area contributed by atoms with E-state index in [1.165, 1.54) is 44.1 Å². The van der Waals surface area contributed by atoms with E-state index < -0.39 is 0 Å². The van der Waals surface area contributed by atoms with Gasteiger partial charge in [-0.05, 0) is 92.7 Å². The summed E-state index contributed by atoms with van der Waals surface area (Å²) in [6.07, 6.45) is 0. The second-order valence-corrected chi connectivity index (χ2v) is 15.7. The molecule has 0 saturated carbocycles. The van der Waals surface area contributed by atoms with Gasteiger partial charge in [0.2, 0.25) is 0 Å². The Kier molecular flexibility index (Phi) is 7.47. The largest absolute Gasteiger partial charge is 0.309 e. The minimum Gasteiger partial charge on any atom is -0.309 e. The molecule has 55 heavy (non-hydrogen) atoms. The first kappa shape index (κ1) is 33.0. The van der Waals surface area contributed by atoms with Crippen LogP contribution in [-0.2, 0) is 10.8 Å². The molecular weight excluding hydrogens is 669 g/mol. The van der Waals surface area contributed by atoms with Crippen molar-refractivity contribution < 1.29 is 0 Å². The number of aromatic nitrogens is 4. The second-order valence-electron chi connectivity index (χ2n) is 15.7. The smallest absolute Gasteiger partial charge is 0.164 e. The number of fused-ring (bicyclic) bond motifs is 6. The van der Waals surface area contributed by atoms with E-state index in [-0.39, 0.29) is 10.8 Å². The normalized spacial score (nSPS) is 14.1. The zero-order valence-corrected chi connectivity index (χ0v) is 31.5. The molecule has 0 unspecified atom stereocenters. The van der Waals surface area contributed by atoms with Gasteiger partial charge in [0, 0.05) is 33.2 Å². The van der Waals surface area contributed by atoms with Crippen LogP contribution in [0.1, 0.15) is 38.8 Å². The molecule has 0 bridgehead atoms. The summed E-state index contributed by atoms with van der Waals surface area (Å²) in [5, 5.41) is 2.53. The fraction of sp³-hybridized carbons (Fsp3) is 0.118. The minimum atomic E-state index is -0.0689. The van der Waals surface area contributed by atoms with Crippen molar-refractivity contribution in [3.05, 3.63) is 181 Å². The maximum Gasteiger partial charge on any atom is 0.164 e. The monoisotopic (exact) mass is 708 g/mol. The summed E-state index contributed by atoms with van der Waals surface area (Å²) < 4.78 is 2.41. The first-order valence-corrected chi connectivity index (χ1v) is 19.0. The Morgan fingerprint density at radius 1 is 0.364 bits per heavy atom. The van der Waals surface area contributed by atoms with E-state index in [1.54, 1.807) is 0 Å². The van der Waals surface area contributed by atoms with Crippen LogP contribution in [0.2, 0.25) is 0 Å². The van der Waals surface area contributed by atoms with Gasteiger partial charge >= 0.3 is 0 Å². The molecule has 1 aliphatic rings. The Balaban J connectivity index is 1.12. The van der Waals surface area contributed by atoms with E-state index in [9.17, 15) is 0 Å². The molecule has 0 amide bonds. The van der Waals surface area contributed by atoms with E-state index in [0.717, 1.165) is 33.5 Å². The molecule has 7 aromatic carbocycles. The van der Waals surface area contributed by atoms with Gasteiger partial charge in [-0.1, -0.05) is 149 Å². The summed E-state index contributed by atoms with van der Waals surface area (Å²) in [5.74, 6) is 1.93. The van der Waals surface area contributed by atoms with Crippen molar-refractivity contribution >= 4 is 21.8 Å². The van der Waals surface area contributed by atoms with Gasteiger partial charge in [0.05, 0.1) is 11.0 Å². The Morgan fingerprint density at radius 3 is 1.64 bits per heavy atom. The number of benzene rings is 7. The van der Waals surface area contributed by atoms with Crippen molar-refractivity contribution in [3.63, 3.8) is 0 Å². The first-order valence-electron chi connectivity index (χ1n) is 19.0. The number of nitrogens with zero attached hydrogens (tertiary/aromatic N) is 4. The molecular formula is C51H40N4. The standard InChI is InChI=1S/C51H40N4/c1-50(2)43-24-13-11-22-39(43)41-32-46-42(31-44(41)51(50,3)4)40-23-12-14-25-45(40)55(46)38-28-26-35(27-29-38)48-52-47(34-18-9-6-10-19-34)53-49(54-48)37-21-15-20-36(30-37)33-16-7-5-8-17-33/h5-32H,1-4H3. The highest BCUT2D eigenvalue weighted by molar-refractivity contribution is 6.11. The van der Waals surface area contributed by atoms with E-state index in [0.29, 0.717) is 17.5 Å². The maximum atomic E-state index is 5.09. The highest BCUT2D eigenvalue weighted by Crippen LogP contribution is 2.55. The van der Waals surface area contributed by atoms with Crippen LogP contribution in [-0.4, -0.2) is 19.5 Å². The number of rotatable bonds is 5. The van der Waals surface area contributed by atoms with Gasteiger partial charge in [-0.15, -0.1) is 0 Å². The summed E-state index contributed by atoms with van der Waals surface area (Å²) >= 11 is 0. The van der Waals surface area contributed by atoms with Crippen LogP contribution in [0, 0.1) is 0 Å². The number of para-hydroxylation sites is 1. The van der Waals surface area contributed by atoms with E-state index in [2.05, 4.69) is 166 Å². The SMILES string of the molecule is CC1(C)c2ccccc2-c2cc3c(cc2C1(C)C)c1ccccc1n3-c1ccc(-c2nc(-c3ccccc3)nc(-c3cccc(-c4ccccc4)c3)n2)cc1. The molecule has 2 aromatic heterocycles. The van der Waals surface area contributed by atoms with Gasteiger partial charge in [0.1, 0.15) is 0 Å². The minimum absolute atomic E-state index is 0.0293. The van der Waals surface area contributed by atoms with Gasteiger partial charge in [-0.25, -0.2) is 15.0 Å². The van der Waals surface area contributed by atoms with E-state index in [1.807, 2.05) is 36.4 Å². The molecule has 1 aliphatic carbocycles. The van der Waals surface area contributed by atoms with Gasteiger partial charge in [-0.2, -0.15) is 0 Å². The molecule has 10 rings (SSSR count). The Labute approximate surface area is 321 Å². The van der Waals surface area contributed by atoms with Gasteiger partial charge in [0.15, 0.2) is 17.5 Å². The van der Waals surface area contributed by atoms with Crippen LogP contribution in [0.4, 0.5) is 0 Å². The van der Waals surface area contributed by atoms with Crippen LogP contribution < -0.4 is 0 Å². The summed E-state index contributed by atoms with van der Waals surface area (Å²) in [4.78, 5) is 15.1. The lowest BCUT2D eigenvalue weighted by Gasteiger charge is -2.48. The van der Waals surface area contributed by atoms with Gasteiger partial charge in [0.25, 0.3) is 0 Å². The lowest BCUT2D eigenvalue weighted by Crippen LogP contribution is -2.43. The third-order valence-corrected chi connectivity index (χ3v) is 12.2. The highest BCUT2D eigenvalue weighted by atomic mass is 15.0. The number of hydrogen-bond donors (Lipinski definition) is 0. The van der Waals surface area contributed by atoms with Gasteiger partial charge in [-0.3, -0.25) is 0 Å². The fourth-order valence-corrected chi connectivity index (χ4v) is 8.55. The van der Waals surface area contributed by atoms with Crippen LogP contribution >= 0.6 is 0 Å². The van der Waals surface area contributed by atoms with E-state index in [4.69, 9.17) is 15.0 Å². The van der Waals surface area contributed by atoms with Crippen LogP contribution in [0.3, 0.4) is 0 Å².